The summed E-state index contributed by atoms with van der Waals surface area (Å²) in [7, 11) is -9.91. The molecule has 17 nitrogen and oxygen atoms in total. The molecule has 96 heavy (non-hydrogen) atoms. The van der Waals surface area contributed by atoms with Crippen LogP contribution in [0.5, 0.6) is 0 Å². The molecular weight excluding hydrogens is 1260 g/mol. The van der Waals surface area contributed by atoms with Gasteiger partial charge >= 0.3 is 39.5 Å². The summed E-state index contributed by atoms with van der Waals surface area (Å²) in [5, 5.41) is 10.6. The van der Waals surface area contributed by atoms with Crippen molar-refractivity contribution in [2.75, 3.05) is 39.6 Å². The Morgan fingerprint density at radius 3 is 0.792 bits per heavy atom. The second-order valence-electron chi connectivity index (χ2n) is 28.9. The summed E-state index contributed by atoms with van der Waals surface area (Å²) in [5.74, 6) is 0.175. The van der Waals surface area contributed by atoms with Crippen molar-refractivity contribution in [2.24, 2.45) is 17.8 Å². The summed E-state index contributed by atoms with van der Waals surface area (Å²) < 4.78 is 68.5. The minimum atomic E-state index is -4.96. The monoisotopic (exact) mass is 1410 g/mol. The van der Waals surface area contributed by atoms with Crippen LogP contribution in [0, 0.1) is 17.8 Å². The molecule has 0 aromatic heterocycles. The molecule has 0 heterocycles. The number of aliphatic hydroxyl groups is 1. The number of aliphatic hydroxyl groups excluding tert-OH is 1. The van der Waals surface area contributed by atoms with Crippen molar-refractivity contribution in [2.45, 2.75) is 414 Å². The number of phosphoric acid groups is 2. The Hall–Kier alpha value is -1.94. The molecule has 0 radical (unpaired) electrons. The molecule has 19 heteroatoms. The fraction of sp³-hybridized carbons (Fsp3) is 0.948. The van der Waals surface area contributed by atoms with Gasteiger partial charge in [-0.3, -0.25) is 37.3 Å². The first-order valence-corrected chi connectivity index (χ1v) is 42.9. The van der Waals surface area contributed by atoms with Crippen LogP contribution in [0.2, 0.25) is 0 Å². The highest BCUT2D eigenvalue weighted by atomic mass is 31.2. The molecule has 3 N–H and O–H groups in total. The normalized spacial score (nSPS) is 14.3. The smallest absolute Gasteiger partial charge is 0.462 e. The molecule has 0 amide bonds. The van der Waals surface area contributed by atoms with Crippen molar-refractivity contribution in [3.05, 3.63) is 0 Å². The predicted molar refractivity (Wildman–Crippen MR) is 391 cm³/mol. The van der Waals surface area contributed by atoms with Gasteiger partial charge in [-0.25, -0.2) is 9.13 Å². The molecule has 0 aliphatic heterocycles. The maximum Gasteiger partial charge on any atom is 0.472 e. The highest BCUT2D eigenvalue weighted by Crippen LogP contribution is 2.45. The zero-order chi connectivity index (χ0) is 70.9. The molecule has 0 aliphatic rings. The molecule has 0 saturated carbocycles. The summed E-state index contributed by atoms with van der Waals surface area (Å²) in [5.41, 5.74) is 0. The van der Waals surface area contributed by atoms with Crippen LogP contribution in [0.4, 0.5) is 0 Å². The van der Waals surface area contributed by atoms with Crippen molar-refractivity contribution >= 4 is 39.5 Å². The molecule has 3 unspecified atom stereocenters. The lowest BCUT2D eigenvalue weighted by Gasteiger charge is -2.21. The van der Waals surface area contributed by atoms with Crippen molar-refractivity contribution in [3.63, 3.8) is 0 Å². The first-order chi connectivity index (χ1) is 46.3. The number of carbonyl (C=O) groups excluding carboxylic acids is 4. The summed E-state index contributed by atoms with van der Waals surface area (Å²) in [6.45, 7) is 11.9. The Morgan fingerprint density at radius 2 is 0.531 bits per heavy atom. The molecular formula is C77H150O17P2. The van der Waals surface area contributed by atoms with Crippen LogP contribution in [0.1, 0.15) is 395 Å². The van der Waals surface area contributed by atoms with E-state index in [1.54, 1.807) is 0 Å². The molecule has 0 aromatic carbocycles. The SMILES string of the molecule is CCCCCCCCCCCCCCCC(=O)OC[C@H](COP(=O)(O)OC[C@@H](O)COP(=O)(O)OC[C@@H](COC(=O)CCCCCCCCCC(C)C)OC(=O)CCCCCCCCCCC(C)C)OC(=O)CCCCCCCCCCCCCCCCCCCCC(C)CC. The van der Waals surface area contributed by atoms with Crippen LogP contribution in [0.25, 0.3) is 0 Å². The van der Waals surface area contributed by atoms with Gasteiger partial charge in [0, 0.05) is 25.7 Å². The Labute approximate surface area is 588 Å². The molecule has 0 aliphatic carbocycles. The maximum absolute atomic E-state index is 13.1. The van der Waals surface area contributed by atoms with Gasteiger partial charge in [0.15, 0.2) is 12.2 Å². The lowest BCUT2D eigenvalue weighted by atomic mass is 9.99. The van der Waals surface area contributed by atoms with Crippen LogP contribution >= 0.6 is 15.6 Å². The van der Waals surface area contributed by atoms with Crippen molar-refractivity contribution in [1.82, 2.24) is 0 Å². The van der Waals surface area contributed by atoms with E-state index in [-0.39, 0.29) is 25.7 Å². The van der Waals surface area contributed by atoms with Gasteiger partial charge in [-0.05, 0) is 43.4 Å². The van der Waals surface area contributed by atoms with Crippen molar-refractivity contribution in [1.29, 1.82) is 0 Å². The molecule has 0 fully saturated rings. The molecule has 0 aromatic rings. The van der Waals surface area contributed by atoms with Gasteiger partial charge in [0.25, 0.3) is 0 Å². The van der Waals surface area contributed by atoms with Crippen LogP contribution in [-0.2, 0) is 65.4 Å². The number of rotatable bonds is 75. The maximum atomic E-state index is 13.1. The first-order valence-electron chi connectivity index (χ1n) is 39.9. The number of carbonyl (C=O) groups is 4. The largest absolute Gasteiger partial charge is 0.472 e. The number of esters is 4. The van der Waals surface area contributed by atoms with E-state index >= 15 is 0 Å². The van der Waals surface area contributed by atoms with Gasteiger partial charge < -0.3 is 33.8 Å². The van der Waals surface area contributed by atoms with E-state index in [9.17, 15) is 43.2 Å². The third kappa shape index (κ3) is 69.2. The topological polar surface area (TPSA) is 237 Å². The van der Waals surface area contributed by atoms with E-state index in [4.69, 9.17) is 37.0 Å². The number of phosphoric ester groups is 2. The Bertz CT molecular complexity index is 1870. The fourth-order valence-corrected chi connectivity index (χ4v) is 13.3. The predicted octanol–water partition coefficient (Wildman–Crippen LogP) is 22.6. The van der Waals surface area contributed by atoms with E-state index in [2.05, 4.69) is 48.5 Å². The quantitative estimate of drug-likeness (QED) is 0.0222. The number of ether oxygens (including phenoxy) is 4. The van der Waals surface area contributed by atoms with Gasteiger partial charge in [-0.1, -0.05) is 344 Å². The fourth-order valence-electron chi connectivity index (χ4n) is 11.7. The van der Waals surface area contributed by atoms with Gasteiger partial charge in [0.2, 0.25) is 0 Å². The molecule has 0 saturated heterocycles. The lowest BCUT2D eigenvalue weighted by molar-refractivity contribution is -0.161. The zero-order valence-corrected chi connectivity index (χ0v) is 64.6. The minimum absolute atomic E-state index is 0.104. The van der Waals surface area contributed by atoms with Crippen molar-refractivity contribution in [3.8, 4) is 0 Å². The van der Waals surface area contributed by atoms with Crippen LogP contribution in [-0.4, -0.2) is 96.7 Å². The van der Waals surface area contributed by atoms with Gasteiger partial charge in [-0.15, -0.1) is 0 Å². The third-order valence-electron chi connectivity index (χ3n) is 18.2. The van der Waals surface area contributed by atoms with Crippen molar-refractivity contribution < 1.29 is 80.2 Å². The average Bonchev–Trinajstić information content (AvgIpc) is 1.11. The van der Waals surface area contributed by atoms with E-state index in [1.165, 1.54) is 199 Å². The highest BCUT2D eigenvalue weighted by molar-refractivity contribution is 7.47. The first kappa shape index (κ1) is 94.1. The number of unbranched alkanes of at least 4 members (excludes halogenated alkanes) is 42. The Balaban J connectivity index is 5.18. The van der Waals surface area contributed by atoms with Crippen LogP contribution in [0.3, 0.4) is 0 Å². The molecule has 0 rings (SSSR count). The van der Waals surface area contributed by atoms with E-state index in [0.29, 0.717) is 31.6 Å². The standard InChI is InChI=1S/C77H150O17P2/c1-8-10-11-12-13-14-15-22-26-29-37-44-51-58-74(79)87-64-72(93-76(81)60-53-46-38-30-27-24-21-19-17-16-18-20-23-25-28-36-43-50-57-70(7)9-2)66-91-95(83,84)89-62-71(78)63-90-96(85,86)92-67-73(65-88-75(80)59-52-45-40-33-35-42-49-56-69(5)6)94-77(82)61-54-47-39-32-31-34-41-48-55-68(3)4/h68-73,78H,8-67H2,1-7H3,(H,83,84)(H,85,86)/t70?,71-,72-,73-/m1/s1. The molecule has 570 valence electrons. The van der Waals surface area contributed by atoms with E-state index in [1.807, 2.05) is 0 Å². The lowest BCUT2D eigenvalue weighted by Crippen LogP contribution is -2.30. The zero-order valence-electron chi connectivity index (χ0n) is 62.8. The second-order valence-corrected chi connectivity index (χ2v) is 31.8. The Kier molecular flexibility index (Phi) is 66.2. The van der Waals surface area contributed by atoms with Crippen LogP contribution in [0.15, 0.2) is 0 Å². The van der Waals surface area contributed by atoms with E-state index < -0.39 is 97.5 Å². The van der Waals surface area contributed by atoms with Gasteiger partial charge in [0.1, 0.15) is 19.3 Å². The molecule has 6 atom stereocenters. The summed E-state index contributed by atoms with van der Waals surface area (Å²) >= 11 is 0. The summed E-state index contributed by atoms with van der Waals surface area (Å²) in [6.07, 6.45) is 54.3. The number of hydrogen-bond acceptors (Lipinski definition) is 15. The summed E-state index contributed by atoms with van der Waals surface area (Å²) in [4.78, 5) is 72.8. The summed E-state index contributed by atoms with van der Waals surface area (Å²) in [6, 6.07) is 0. The average molecular weight is 1410 g/mol. The molecule has 0 spiro atoms. The van der Waals surface area contributed by atoms with E-state index in [0.717, 1.165) is 108 Å². The molecule has 0 bridgehead atoms. The second kappa shape index (κ2) is 67.5. The third-order valence-corrected chi connectivity index (χ3v) is 20.1. The minimum Gasteiger partial charge on any atom is -0.462 e. The number of hydrogen-bond donors (Lipinski definition) is 3. The van der Waals surface area contributed by atoms with Gasteiger partial charge in [0.05, 0.1) is 26.4 Å². The highest BCUT2D eigenvalue weighted by Gasteiger charge is 2.30. The van der Waals surface area contributed by atoms with Crippen LogP contribution < -0.4 is 0 Å². The van der Waals surface area contributed by atoms with Gasteiger partial charge in [-0.2, -0.15) is 0 Å². The Morgan fingerprint density at radius 1 is 0.302 bits per heavy atom.